The topological polar surface area (TPSA) is 44.5 Å². The Morgan fingerprint density at radius 2 is 1.85 bits per heavy atom. The van der Waals surface area contributed by atoms with Gasteiger partial charge in [-0.1, -0.05) is 42.4 Å². The van der Waals surface area contributed by atoms with Crippen LogP contribution in [0.2, 0.25) is 0 Å². The molecule has 1 unspecified atom stereocenters. The molecule has 27 heavy (non-hydrogen) atoms. The van der Waals surface area contributed by atoms with Crippen LogP contribution in [0.4, 0.5) is 5.88 Å². The van der Waals surface area contributed by atoms with E-state index in [4.69, 9.17) is 16.7 Å². The fourth-order valence-electron chi connectivity index (χ4n) is 2.85. The van der Waals surface area contributed by atoms with E-state index in [1.165, 1.54) is 0 Å². The van der Waals surface area contributed by atoms with Gasteiger partial charge in [0.2, 0.25) is 5.88 Å². The van der Waals surface area contributed by atoms with E-state index in [-0.39, 0.29) is 0 Å². The second-order valence-electron chi connectivity index (χ2n) is 7.11. The number of benzene rings is 1. The summed E-state index contributed by atoms with van der Waals surface area (Å²) in [6.45, 7) is 12.2. The SMILES string of the molecule is CCNC(=S)N(Cc1c(-c2ccccc2)noc1N(C)C(C)C)C(C)CC. The molecule has 0 aliphatic carbocycles. The Hall–Kier alpha value is -2.08. The molecule has 0 spiro atoms. The van der Waals surface area contributed by atoms with Gasteiger partial charge in [0.15, 0.2) is 5.11 Å². The lowest BCUT2D eigenvalue weighted by atomic mass is 10.1. The summed E-state index contributed by atoms with van der Waals surface area (Å²) in [5.74, 6) is 0.802. The Morgan fingerprint density at radius 1 is 1.19 bits per heavy atom. The molecular formula is C21H32N4OS. The monoisotopic (exact) mass is 388 g/mol. The summed E-state index contributed by atoms with van der Waals surface area (Å²) in [4.78, 5) is 4.36. The zero-order chi connectivity index (χ0) is 20.0. The molecule has 0 saturated carbocycles. The molecule has 148 valence electrons. The highest BCUT2D eigenvalue weighted by Crippen LogP contribution is 2.33. The molecule has 1 atom stereocenters. The molecule has 2 aromatic rings. The average Bonchev–Trinajstić information content (AvgIpc) is 3.09. The van der Waals surface area contributed by atoms with Gasteiger partial charge in [0.25, 0.3) is 0 Å². The van der Waals surface area contributed by atoms with Crippen LogP contribution in [0.5, 0.6) is 0 Å². The highest BCUT2D eigenvalue weighted by molar-refractivity contribution is 7.80. The van der Waals surface area contributed by atoms with Crippen molar-refractivity contribution >= 4 is 23.2 Å². The lowest BCUT2D eigenvalue weighted by Gasteiger charge is -2.32. The number of hydrogen-bond acceptors (Lipinski definition) is 4. The maximum Gasteiger partial charge on any atom is 0.232 e. The number of rotatable bonds is 8. The van der Waals surface area contributed by atoms with Crippen LogP contribution in [0, 0.1) is 0 Å². The maximum atomic E-state index is 5.81. The highest BCUT2D eigenvalue weighted by Gasteiger charge is 2.26. The van der Waals surface area contributed by atoms with E-state index in [1.807, 2.05) is 25.2 Å². The van der Waals surface area contributed by atoms with Gasteiger partial charge in [-0.2, -0.15) is 0 Å². The molecule has 1 N–H and O–H groups in total. The van der Waals surface area contributed by atoms with Gasteiger partial charge in [-0.15, -0.1) is 0 Å². The van der Waals surface area contributed by atoms with E-state index in [1.54, 1.807) is 0 Å². The van der Waals surface area contributed by atoms with Crippen LogP contribution in [0.1, 0.15) is 46.6 Å². The van der Waals surface area contributed by atoms with Gasteiger partial charge in [0, 0.05) is 31.2 Å². The number of nitrogens with one attached hydrogen (secondary N) is 1. The van der Waals surface area contributed by atoms with Crippen LogP contribution >= 0.6 is 12.2 Å². The zero-order valence-electron chi connectivity index (χ0n) is 17.3. The summed E-state index contributed by atoms with van der Waals surface area (Å²) in [7, 11) is 2.04. The second-order valence-corrected chi connectivity index (χ2v) is 7.49. The minimum atomic E-state index is 0.304. The zero-order valence-corrected chi connectivity index (χ0v) is 18.1. The number of nitrogens with zero attached hydrogens (tertiary/aromatic N) is 3. The van der Waals surface area contributed by atoms with Gasteiger partial charge in [-0.25, -0.2) is 0 Å². The summed E-state index contributed by atoms with van der Waals surface area (Å²) < 4.78 is 5.81. The fraction of sp³-hybridized carbons (Fsp3) is 0.524. The van der Waals surface area contributed by atoms with E-state index < -0.39 is 0 Å². The molecule has 5 nitrogen and oxygen atoms in total. The molecule has 1 aromatic carbocycles. The van der Waals surface area contributed by atoms with Crippen molar-refractivity contribution in [2.24, 2.45) is 0 Å². The second kappa shape index (κ2) is 9.74. The van der Waals surface area contributed by atoms with Crippen LogP contribution in [-0.2, 0) is 6.54 Å². The predicted octanol–water partition coefficient (Wildman–Crippen LogP) is 4.68. The molecule has 2 rings (SSSR count). The first-order valence-corrected chi connectivity index (χ1v) is 10.1. The summed E-state index contributed by atoms with van der Waals surface area (Å²) in [6, 6.07) is 10.8. The lowest BCUT2D eigenvalue weighted by molar-refractivity contribution is 0.310. The van der Waals surface area contributed by atoms with E-state index in [0.717, 1.165) is 40.8 Å². The maximum absolute atomic E-state index is 5.81. The van der Waals surface area contributed by atoms with Crippen molar-refractivity contribution in [3.63, 3.8) is 0 Å². The van der Waals surface area contributed by atoms with Crippen LogP contribution in [0.25, 0.3) is 11.3 Å². The van der Waals surface area contributed by atoms with E-state index >= 15 is 0 Å². The molecule has 0 bridgehead atoms. The molecule has 0 aliphatic heterocycles. The largest absolute Gasteiger partial charge is 0.363 e. The fourth-order valence-corrected chi connectivity index (χ4v) is 3.24. The smallest absolute Gasteiger partial charge is 0.232 e. The van der Waals surface area contributed by atoms with Crippen molar-refractivity contribution in [3.05, 3.63) is 35.9 Å². The first kappa shape index (κ1) is 21.2. The number of anilines is 1. The molecule has 0 saturated heterocycles. The summed E-state index contributed by atoms with van der Waals surface area (Å²) in [6.07, 6.45) is 1.01. The molecule has 1 heterocycles. The van der Waals surface area contributed by atoms with Crippen LogP contribution < -0.4 is 10.2 Å². The van der Waals surface area contributed by atoms with E-state index in [0.29, 0.717) is 18.6 Å². The lowest BCUT2D eigenvalue weighted by Crippen LogP contribution is -2.44. The van der Waals surface area contributed by atoms with Gasteiger partial charge < -0.3 is 19.6 Å². The summed E-state index contributed by atoms with van der Waals surface area (Å²) >= 11 is 5.66. The minimum absolute atomic E-state index is 0.304. The molecule has 0 amide bonds. The van der Waals surface area contributed by atoms with Gasteiger partial charge in [-0.05, 0) is 46.3 Å². The van der Waals surface area contributed by atoms with Crippen LogP contribution in [-0.4, -0.2) is 40.8 Å². The first-order valence-electron chi connectivity index (χ1n) is 9.71. The number of aromatic nitrogens is 1. The Kier molecular flexibility index (Phi) is 7.66. The molecule has 0 aliphatic rings. The highest BCUT2D eigenvalue weighted by atomic mass is 32.1. The Bertz CT molecular complexity index is 729. The molecular weight excluding hydrogens is 356 g/mol. The molecule has 0 fully saturated rings. The average molecular weight is 389 g/mol. The van der Waals surface area contributed by atoms with Crippen molar-refractivity contribution in [1.29, 1.82) is 0 Å². The quantitative estimate of drug-likeness (QED) is 0.663. The Morgan fingerprint density at radius 3 is 2.41 bits per heavy atom. The first-order chi connectivity index (χ1) is 12.9. The third kappa shape index (κ3) is 5.01. The third-order valence-corrected chi connectivity index (χ3v) is 5.33. The van der Waals surface area contributed by atoms with Crippen molar-refractivity contribution in [3.8, 4) is 11.3 Å². The summed E-state index contributed by atoms with van der Waals surface area (Å²) in [5.41, 5.74) is 3.00. The van der Waals surface area contributed by atoms with Crippen molar-refractivity contribution < 1.29 is 4.52 Å². The third-order valence-electron chi connectivity index (χ3n) is 4.95. The standard InChI is InChI=1S/C21H32N4OS/c1-7-16(5)25(21(27)22-8-2)14-18-19(17-12-10-9-11-13-17)23-26-20(18)24(6)15(3)4/h9-13,15-16H,7-8,14H2,1-6H3,(H,22,27). The van der Waals surface area contributed by atoms with E-state index in [2.05, 4.69) is 67.0 Å². The predicted molar refractivity (Wildman–Crippen MR) is 117 cm³/mol. The van der Waals surface area contributed by atoms with E-state index in [9.17, 15) is 0 Å². The minimum Gasteiger partial charge on any atom is -0.363 e. The summed E-state index contributed by atoms with van der Waals surface area (Å²) in [5, 5.41) is 8.49. The molecule has 0 radical (unpaired) electrons. The Balaban J connectivity index is 2.50. The van der Waals surface area contributed by atoms with Gasteiger partial charge in [0.1, 0.15) is 5.69 Å². The number of thiocarbonyl (C=S) groups is 1. The van der Waals surface area contributed by atoms with Gasteiger partial charge in [0.05, 0.1) is 12.1 Å². The van der Waals surface area contributed by atoms with Crippen molar-refractivity contribution in [2.75, 3.05) is 18.5 Å². The van der Waals surface area contributed by atoms with Crippen molar-refractivity contribution in [2.45, 2.75) is 59.7 Å². The molecule has 6 heteroatoms. The van der Waals surface area contributed by atoms with Gasteiger partial charge in [-0.3, -0.25) is 0 Å². The molecule has 1 aromatic heterocycles. The Labute approximate surface area is 168 Å². The normalized spacial score (nSPS) is 12.1. The van der Waals surface area contributed by atoms with Crippen LogP contribution in [0.15, 0.2) is 34.9 Å². The van der Waals surface area contributed by atoms with Gasteiger partial charge >= 0.3 is 0 Å². The van der Waals surface area contributed by atoms with Crippen LogP contribution in [0.3, 0.4) is 0 Å². The number of hydrogen-bond donors (Lipinski definition) is 1. The van der Waals surface area contributed by atoms with Crippen molar-refractivity contribution in [1.82, 2.24) is 15.4 Å².